The second-order valence-electron chi connectivity index (χ2n) is 4.54. The molecule has 1 atom stereocenters. The summed E-state index contributed by atoms with van der Waals surface area (Å²) < 4.78 is 28.2. The molecule has 2 aromatic rings. The monoisotopic (exact) mass is 281 g/mol. The number of hydrogen-bond acceptors (Lipinski definition) is 2. The van der Waals surface area contributed by atoms with E-state index in [1.54, 1.807) is 25.1 Å². The molecule has 0 heterocycles. The Morgan fingerprint density at radius 2 is 1.85 bits per heavy atom. The van der Waals surface area contributed by atoms with Crippen LogP contribution in [-0.2, 0) is 0 Å². The Morgan fingerprint density at radius 1 is 1.20 bits per heavy atom. The normalized spacial score (nSPS) is 12.2. The maximum atomic E-state index is 14.4. The Balaban J connectivity index is 0. The van der Waals surface area contributed by atoms with Gasteiger partial charge in [0.1, 0.15) is 11.6 Å². The molecule has 0 aliphatic rings. The van der Waals surface area contributed by atoms with Crippen molar-refractivity contribution in [3.63, 3.8) is 0 Å². The van der Waals surface area contributed by atoms with Crippen molar-refractivity contribution in [3.05, 3.63) is 70.8 Å². The van der Waals surface area contributed by atoms with Crippen LogP contribution in [0.4, 0.5) is 8.78 Å². The lowest BCUT2D eigenvalue weighted by Crippen LogP contribution is -2.15. The summed E-state index contributed by atoms with van der Waals surface area (Å²) in [6.45, 7) is 1.80. The molecule has 0 aliphatic heterocycles. The van der Waals surface area contributed by atoms with Gasteiger partial charge in [-0.1, -0.05) is 43.3 Å². The zero-order valence-corrected chi connectivity index (χ0v) is 11.1. The van der Waals surface area contributed by atoms with Gasteiger partial charge in [-0.3, -0.25) is 4.79 Å². The molecule has 0 amide bonds. The van der Waals surface area contributed by atoms with Gasteiger partial charge in [-0.25, -0.2) is 8.78 Å². The van der Waals surface area contributed by atoms with Gasteiger partial charge in [0.15, 0.2) is 5.78 Å². The molecule has 0 bridgehead atoms. The number of hydrogen-bond donors (Lipinski definition) is 1. The second kappa shape index (κ2) is 5.92. The maximum Gasteiger partial charge on any atom is 0.198 e. The average Bonchev–Trinajstić information content (AvgIpc) is 2.47. The summed E-state index contributed by atoms with van der Waals surface area (Å²) in [5, 5.41) is 0. The average molecular weight is 281 g/mol. The quantitative estimate of drug-likeness (QED) is 0.847. The zero-order valence-electron chi connectivity index (χ0n) is 11.1. The van der Waals surface area contributed by atoms with Crippen LogP contribution in [0.5, 0.6) is 0 Å². The lowest BCUT2D eigenvalue weighted by Gasteiger charge is -2.13. The molecule has 4 heteroatoms. The van der Waals surface area contributed by atoms with Gasteiger partial charge in [-0.05, 0) is 12.5 Å². The predicted octanol–water partition coefficient (Wildman–Crippen LogP) is 4.34. The van der Waals surface area contributed by atoms with Crippen LogP contribution in [0.3, 0.4) is 0 Å². The van der Waals surface area contributed by atoms with E-state index in [0.717, 1.165) is 6.07 Å². The summed E-state index contributed by atoms with van der Waals surface area (Å²) in [7, 11) is 0. The third kappa shape index (κ3) is 2.60. The van der Waals surface area contributed by atoms with Crippen LogP contribution in [0.15, 0.2) is 42.5 Å². The predicted molar refractivity (Wildman–Crippen MR) is 79.8 cm³/mol. The second-order valence-corrected chi connectivity index (χ2v) is 4.54. The van der Waals surface area contributed by atoms with E-state index in [1.807, 2.05) is 0 Å². The fraction of sp³-hybridized carbons (Fsp3) is 0.188. The molecule has 0 radical (unpaired) electrons. The van der Waals surface area contributed by atoms with Crippen molar-refractivity contribution in [1.82, 2.24) is 0 Å². The molecule has 2 rings (SSSR count). The highest BCUT2D eigenvalue weighted by atomic mass is 19.1. The number of carbonyl (C=O) groups excluding carboxylic acids is 1. The molecule has 0 saturated heterocycles. The van der Waals surface area contributed by atoms with Crippen LogP contribution in [0.2, 0.25) is 0 Å². The van der Waals surface area contributed by atoms with Gasteiger partial charge in [0.2, 0.25) is 0 Å². The molecule has 110 valence electrons. The van der Waals surface area contributed by atoms with Gasteiger partial charge in [0, 0.05) is 21.4 Å². The molecule has 0 unspecified atom stereocenters. The maximum absolute atomic E-state index is 14.4. The van der Waals surface area contributed by atoms with Crippen LogP contribution in [0.1, 0.15) is 45.2 Å². The first-order valence-corrected chi connectivity index (χ1v) is 6.39. The third-order valence-electron chi connectivity index (χ3n) is 3.22. The highest BCUT2D eigenvalue weighted by Crippen LogP contribution is 2.25. The van der Waals surface area contributed by atoms with E-state index in [9.17, 15) is 13.6 Å². The van der Waals surface area contributed by atoms with Crippen molar-refractivity contribution in [2.75, 3.05) is 0 Å². The molecule has 2 nitrogen and oxygen atoms in total. The van der Waals surface area contributed by atoms with Crippen molar-refractivity contribution in [2.24, 2.45) is 5.73 Å². The molecule has 0 spiro atoms. The number of ketones is 1. The highest BCUT2D eigenvalue weighted by Gasteiger charge is 2.23. The summed E-state index contributed by atoms with van der Waals surface area (Å²) in [6.07, 6.45) is 0.502. The van der Waals surface area contributed by atoms with Crippen molar-refractivity contribution in [3.8, 4) is 0 Å². The van der Waals surface area contributed by atoms with Crippen molar-refractivity contribution >= 4 is 5.78 Å². The van der Waals surface area contributed by atoms with Crippen LogP contribution >= 0.6 is 0 Å². The Bertz CT molecular complexity index is 639. The van der Waals surface area contributed by atoms with E-state index in [4.69, 9.17) is 5.73 Å². The summed E-state index contributed by atoms with van der Waals surface area (Å²) in [5.74, 6) is -2.41. The Labute approximate surface area is 120 Å². The Hall–Kier alpha value is -2.07. The first kappa shape index (κ1) is 14.3. The summed E-state index contributed by atoms with van der Waals surface area (Å²) in [5.41, 5.74) is 5.64. The fourth-order valence-corrected chi connectivity index (χ4v) is 2.02. The smallest absolute Gasteiger partial charge is 0.198 e. The van der Waals surface area contributed by atoms with Crippen LogP contribution in [-0.4, -0.2) is 5.78 Å². The van der Waals surface area contributed by atoms with Crippen molar-refractivity contribution in [1.29, 1.82) is 0 Å². The van der Waals surface area contributed by atoms with Crippen molar-refractivity contribution < 1.29 is 17.9 Å². The SMILES string of the molecule is CC[C@@H](N)c1ccc(F)c(C(=O)c2ccccc2)c1F.[HH].[HH].[HH]. The van der Waals surface area contributed by atoms with E-state index in [0.29, 0.717) is 6.42 Å². The molecule has 0 aromatic heterocycles. The highest BCUT2D eigenvalue weighted by molar-refractivity contribution is 6.09. The number of rotatable bonds is 4. The standard InChI is InChI=1S/C16H15F2NO.3H2/c1-2-13(19)11-8-9-12(17)14(15(11)18)16(20)10-6-4-3-5-7-10;;;/h3-9,13H,2,19H2,1H3;3*1H/t13-;;;/m1.../s1. The Morgan fingerprint density at radius 3 is 2.45 bits per heavy atom. The van der Waals surface area contributed by atoms with E-state index < -0.39 is 29.0 Å². The van der Waals surface area contributed by atoms with Crippen LogP contribution < -0.4 is 5.73 Å². The molecular weight excluding hydrogens is 260 g/mol. The zero-order chi connectivity index (χ0) is 14.7. The molecule has 0 fully saturated rings. The van der Waals surface area contributed by atoms with E-state index in [1.165, 1.54) is 18.2 Å². The van der Waals surface area contributed by atoms with Gasteiger partial charge in [0.05, 0.1) is 5.56 Å². The first-order valence-electron chi connectivity index (χ1n) is 6.39. The minimum absolute atomic E-state index is 0. The van der Waals surface area contributed by atoms with E-state index in [-0.39, 0.29) is 15.4 Å². The van der Waals surface area contributed by atoms with Crippen molar-refractivity contribution in [2.45, 2.75) is 19.4 Å². The lowest BCUT2D eigenvalue weighted by molar-refractivity contribution is 0.103. The molecule has 2 aromatic carbocycles. The van der Waals surface area contributed by atoms with Gasteiger partial charge in [0.25, 0.3) is 0 Å². The van der Waals surface area contributed by atoms with Gasteiger partial charge < -0.3 is 5.73 Å². The number of nitrogens with two attached hydrogens (primary N) is 1. The summed E-state index contributed by atoms with van der Waals surface area (Å²) in [6, 6.07) is 9.88. The first-order chi connectivity index (χ1) is 9.56. The van der Waals surface area contributed by atoms with Gasteiger partial charge in [-0.15, -0.1) is 0 Å². The fourth-order valence-electron chi connectivity index (χ4n) is 2.02. The summed E-state index contributed by atoms with van der Waals surface area (Å²) >= 11 is 0. The van der Waals surface area contributed by atoms with Gasteiger partial charge >= 0.3 is 0 Å². The number of benzene rings is 2. The Kier molecular flexibility index (Phi) is 4.25. The lowest BCUT2D eigenvalue weighted by atomic mass is 9.96. The largest absolute Gasteiger partial charge is 0.324 e. The van der Waals surface area contributed by atoms with Gasteiger partial charge in [-0.2, -0.15) is 0 Å². The molecule has 20 heavy (non-hydrogen) atoms. The third-order valence-corrected chi connectivity index (χ3v) is 3.22. The number of carbonyl (C=O) groups is 1. The number of halogens is 2. The van der Waals surface area contributed by atoms with E-state index >= 15 is 0 Å². The van der Waals surface area contributed by atoms with Crippen LogP contribution in [0, 0.1) is 11.6 Å². The topological polar surface area (TPSA) is 43.1 Å². The summed E-state index contributed by atoms with van der Waals surface area (Å²) in [4.78, 5) is 12.2. The molecular formula is C16H21F2NO. The molecule has 0 aliphatic carbocycles. The van der Waals surface area contributed by atoms with E-state index in [2.05, 4.69) is 0 Å². The minimum atomic E-state index is -0.872. The molecule has 2 N–H and O–H groups in total. The van der Waals surface area contributed by atoms with Crippen LogP contribution in [0.25, 0.3) is 0 Å². The molecule has 0 saturated carbocycles. The minimum Gasteiger partial charge on any atom is -0.324 e.